The molecule has 1 aromatic rings. The zero-order valence-corrected chi connectivity index (χ0v) is 8.66. The van der Waals surface area contributed by atoms with Crippen molar-refractivity contribution in [2.45, 2.75) is 19.4 Å². The van der Waals surface area contributed by atoms with Crippen molar-refractivity contribution in [2.75, 3.05) is 7.05 Å². The zero-order chi connectivity index (χ0) is 10.8. The topological polar surface area (TPSA) is 49.3 Å². The van der Waals surface area contributed by atoms with Gasteiger partial charge in [-0.05, 0) is 32.0 Å². The number of benzene rings is 1. The lowest BCUT2D eigenvalue weighted by molar-refractivity contribution is -0.144. The number of aryl methyl sites for hydroxylation is 1. The minimum absolute atomic E-state index is 0.801. The van der Waals surface area contributed by atoms with Crippen molar-refractivity contribution in [3.05, 3.63) is 35.4 Å². The van der Waals surface area contributed by atoms with Crippen molar-refractivity contribution in [2.24, 2.45) is 0 Å². The first-order valence-corrected chi connectivity index (χ1v) is 4.51. The lowest BCUT2D eigenvalue weighted by Crippen LogP contribution is -2.45. The van der Waals surface area contributed by atoms with E-state index in [1.165, 1.54) is 0 Å². The van der Waals surface area contributed by atoms with Gasteiger partial charge in [-0.2, -0.15) is 0 Å². The zero-order valence-electron chi connectivity index (χ0n) is 8.66. The van der Waals surface area contributed by atoms with E-state index in [1.807, 2.05) is 31.2 Å². The van der Waals surface area contributed by atoms with Gasteiger partial charge in [0.1, 0.15) is 5.54 Å². The fraction of sp³-hybridized carbons (Fsp3) is 0.364. The molecule has 76 valence electrons. The van der Waals surface area contributed by atoms with E-state index in [0.717, 1.165) is 11.1 Å². The third kappa shape index (κ3) is 1.63. The first kappa shape index (κ1) is 10.7. The van der Waals surface area contributed by atoms with Crippen molar-refractivity contribution in [3.8, 4) is 0 Å². The van der Waals surface area contributed by atoms with Crippen LogP contribution in [0, 0.1) is 6.92 Å². The molecule has 0 aromatic heterocycles. The average molecular weight is 193 g/mol. The van der Waals surface area contributed by atoms with E-state index in [2.05, 4.69) is 5.32 Å². The van der Waals surface area contributed by atoms with Crippen LogP contribution in [-0.2, 0) is 10.3 Å². The molecule has 0 amide bonds. The number of carboxylic acid groups (broad SMARTS) is 1. The molecule has 0 heterocycles. The molecular formula is C11H15NO2. The van der Waals surface area contributed by atoms with Crippen LogP contribution >= 0.6 is 0 Å². The fourth-order valence-electron chi connectivity index (χ4n) is 1.49. The summed E-state index contributed by atoms with van der Waals surface area (Å²) in [6.07, 6.45) is 0. The molecule has 0 unspecified atom stereocenters. The summed E-state index contributed by atoms with van der Waals surface area (Å²) in [7, 11) is 1.65. The van der Waals surface area contributed by atoms with Gasteiger partial charge < -0.3 is 10.4 Å². The monoisotopic (exact) mass is 193 g/mol. The summed E-state index contributed by atoms with van der Waals surface area (Å²) < 4.78 is 0. The molecule has 0 spiro atoms. The Hall–Kier alpha value is -1.35. The third-order valence-electron chi connectivity index (χ3n) is 2.61. The maximum Gasteiger partial charge on any atom is 0.328 e. The average Bonchev–Trinajstić information content (AvgIpc) is 2.17. The SMILES string of the molecule is CN[C@](C)(C(=O)O)c1ccccc1C. The molecule has 3 heteroatoms. The Balaban J connectivity index is 3.26. The molecule has 0 fully saturated rings. The van der Waals surface area contributed by atoms with Gasteiger partial charge in [-0.3, -0.25) is 0 Å². The molecule has 2 N–H and O–H groups in total. The van der Waals surface area contributed by atoms with Crippen LogP contribution in [0.5, 0.6) is 0 Å². The van der Waals surface area contributed by atoms with Crippen molar-refractivity contribution in [1.82, 2.24) is 5.32 Å². The summed E-state index contributed by atoms with van der Waals surface area (Å²) in [6.45, 7) is 3.57. The molecule has 0 radical (unpaired) electrons. The van der Waals surface area contributed by atoms with Gasteiger partial charge in [0, 0.05) is 0 Å². The van der Waals surface area contributed by atoms with E-state index < -0.39 is 11.5 Å². The number of aliphatic carboxylic acids is 1. The van der Waals surface area contributed by atoms with Crippen LogP contribution in [-0.4, -0.2) is 18.1 Å². The molecule has 0 bridgehead atoms. The molecule has 1 atom stereocenters. The predicted molar refractivity (Wildman–Crippen MR) is 55.2 cm³/mol. The van der Waals surface area contributed by atoms with Gasteiger partial charge in [-0.15, -0.1) is 0 Å². The van der Waals surface area contributed by atoms with Gasteiger partial charge in [0.25, 0.3) is 0 Å². The summed E-state index contributed by atoms with van der Waals surface area (Å²) in [6, 6.07) is 7.49. The summed E-state index contributed by atoms with van der Waals surface area (Å²) >= 11 is 0. The van der Waals surface area contributed by atoms with Crippen LogP contribution in [0.1, 0.15) is 18.1 Å². The molecule has 14 heavy (non-hydrogen) atoms. The smallest absolute Gasteiger partial charge is 0.328 e. The molecule has 0 saturated carbocycles. The Morgan fingerprint density at radius 3 is 2.43 bits per heavy atom. The van der Waals surface area contributed by atoms with Crippen LogP contribution in [0.15, 0.2) is 24.3 Å². The van der Waals surface area contributed by atoms with Crippen LogP contribution < -0.4 is 5.32 Å². The lowest BCUT2D eigenvalue weighted by atomic mass is 9.89. The standard InChI is InChI=1S/C11H15NO2/c1-8-6-4-5-7-9(8)11(2,12-3)10(13)14/h4-7,12H,1-3H3,(H,13,14)/t11-/m0/s1. The Labute approximate surface area is 83.8 Å². The largest absolute Gasteiger partial charge is 0.480 e. The van der Waals surface area contributed by atoms with E-state index >= 15 is 0 Å². The predicted octanol–water partition coefficient (Wildman–Crippen LogP) is 1.51. The summed E-state index contributed by atoms with van der Waals surface area (Å²) in [5, 5.41) is 12.0. The van der Waals surface area contributed by atoms with Crippen LogP contribution in [0.2, 0.25) is 0 Å². The number of hydrogen-bond donors (Lipinski definition) is 2. The van der Waals surface area contributed by atoms with Crippen molar-refractivity contribution >= 4 is 5.97 Å². The highest BCUT2D eigenvalue weighted by atomic mass is 16.4. The summed E-state index contributed by atoms with van der Waals surface area (Å²) in [5.74, 6) is -0.866. The number of rotatable bonds is 3. The van der Waals surface area contributed by atoms with Gasteiger partial charge in [0.2, 0.25) is 0 Å². The van der Waals surface area contributed by atoms with Gasteiger partial charge in [0.15, 0.2) is 0 Å². The molecule has 1 rings (SSSR count). The molecule has 0 aliphatic carbocycles. The van der Waals surface area contributed by atoms with Crippen LogP contribution in [0.3, 0.4) is 0 Å². The summed E-state index contributed by atoms with van der Waals surface area (Å²) in [5.41, 5.74) is 0.771. The number of carbonyl (C=O) groups is 1. The van der Waals surface area contributed by atoms with Crippen molar-refractivity contribution in [3.63, 3.8) is 0 Å². The van der Waals surface area contributed by atoms with E-state index in [0.29, 0.717) is 0 Å². The van der Waals surface area contributed by atoms with Crippen molar-refractivity contribution < 1.29 is 9.90 Å². The molecule has 0 saturated heterocycles. The molecular weight excluding hydrogens is 178 g/mol. The first-order valence-electron chi connectivity index (χ1n) is 4.51. The van der Waals surface area contributed by atoms with Gasteiger partial charge in [-0.25, -0.2) is 4.79 Å². The van der Waals surface area contributed by atoms with Crippen molar-refractivity contribution in [1.29, 1.82) is 0 Å². The number of nitrogens with one attached hydrogen (secondary N) is 1. The van der Waals surface area contributed by atoms with Gasteiger partial charge in [-0.1, -0.05) is 24.3 Å². The highest BCUT2D eigenvalue weighted by molar-refractivity contribution is 5.80. The van der Waals surface area contributed by atoms with E-state index in [9.17, 15) is 4.79 Å². The number of carboxylic acids is 1. The maximum atomic E-state index is 11.1. The maximum absolute atomic E-state index is 11.1. The van der Waals surface area contributed by atoms with Gasteiger partial charge in [0.05, 0.1) is 0 Å². The second-order valence-corrected chi connectivity index (χ2v) is 3.50. The summed E-state index contributed by atoms with van der Waals surface area (Å²) in [4.78, 5) is 11.1. The Bertz CT molecular complexity index is 349. The highest BCUT2D eigenvalue weighted by Gasteiger charge is 2.34. The fourth-order valence-corrected chi connectivity index (χ4v) is 1.49. The normalized spacial score (nSPS) is 14.8. The van der Waals surface area contributed by atoms with E-state index in [4.69, 9.17) is 5.11 Å². The van der Waals surface area contributed by atoms with Crippen LogP contribution in [0.25, 0.3) is 0 Å². The molecule has 3 nitrogen and oxygen atoms in total. The second-order valence-electron chi connectivity index (χ2n) is 3.50. The van der Waals surface area contributed by atoms with E-state index in [-0.39, 0.29) is 0 Å². The molecule has 1 aromatic carbocycles. The molecule has 0 aliphatic rings. The van der Waals surface area contributed by atoms with E-state index in [1.54, 1.807) is 14.0 Å². The number of likely N-dealkylation sites (N-methyl/N-ethyl adjacent to an activating group) is 1. The Morgan fingerprint density at radius 2 is 2.00 bits per heavy atom. The minimum atomic E-state index is -1.01. The first-order chi connectivity index (χ1) is 6.52. The third-order valence-corrected chi connectivity index (χ3v) is 2.61. The number of hydrogen-bond acceptors (Lipinski definition) is 2. The second kappa shape index (κ2) is 3.80. The Kier molecular flexibility index (Phi) is 2.91. The Morgan fingerprint density at radius 1 is 1.43 bits per heavy atom. The lowest BCUT2D eigenvalue weighted by Gasteiger charge is -2.26. The molecule has 0 aliphatic heterocycles. The highest BCUT2D eigenvalue weighted by Crippen LogP contribution is 2.23. The quantitative estimate of drug-likeness (QED) is 0.765. The van der Waals surface area contributed by atoms with Crippen LogP contribution in [0.4, 0.5) is 0 Å². The van der Waals surface area contributed by atoms with Gasteiger partial charge >= 0.3 is 5.97 Å². The minimum Gasteiger partial charge on any atom is -0.480 e.